The van der Waals surface area contributed by atoms with Gasteiger partial charge in [-0.15, -0.1) is 0 Å². The number of rotatable bonds is 1. The molecule has 0 aromatic carbocycles. The molecular weight excluding hydrogens is 162 g/mol. The van der Waals surface area contributed by atoms with Gasteiger partial charge in [0.05, 0.1) is 0 Å². The topological polar surface area (TPSA) is 12.9 Å². The summed E-state index contributed by atoms with van der Waals surface area (Å²) in [6, 6.07) is 0. The number of aromatic nitrogens is 1. The van der Waals surface area contributed by atoms with Crippen molar-refractivity contribution in [1.29, 1.82) is 0 Å². The van der Waals surface area contributed by atoms with Crippen molar-refractivity contribution in [2.24, 2.45) is 0 Å². The maximum absolute atomic E-state index is 11.9. The molecule has 1 heterocycles. The summed E-state index contributed by atoms with van der Waals surface area (Å²) < 4.78 is 38.6. The van der Waals surface area contributed by atoms with Gasteiger partial charge in [0.1, 0.15) is 0 Å². The van der Waals surface area contributed by atoms with E-state index in [0.717, 1.165) is 0 Å². The van der Waals surface area contributed by atoms with Gasteiger partial charge in [-0.05, 0) is 17.3 Å². The predicted octanol–water partition coefficient (Wildman–Crippen LogP) is 1.51. The molecule has 0 spiro atoms. The van der Waals surface area contributed by atoms with Crippen LogP contribution in [-0.4, -0.2) is 11.4 Å². The minimum absolute atomic E-state index is 0.220. The third-order valence-corrected chi connectivity index (χ3v) is 2.08. The van der Waals surface area contributed by atoms with Gasteiger partial charge in [0.25, 0.3) is 0 Å². The summed E-state index contributed by atoms with van der Waals surface area (Å²) in [4.78, 5) is 0. The van der Waals surface area contributed by atoms with Crippen molar-refractivity contribution in [1.82, 2.24) is 4.37 Å². The lowest BCUT2D eigenvalue weighted by molar-refractivity contribution is 0.502. The molecule has 0 radical (unpaired) electrons. The Bertz CT molecular complexity index is 231. The van der Waals surface area contributed by atoms with Gasteiger partial charge in [0, 0.05) is 6.20 Å². The number of halogens is 3. The van der Waals surface area contributed by atoms with E-state index in [9.17, 15) is 12.9 Å². The van der Waals surface area contributed by atoms with Gasteiger partial charge in [0.2, 0.25) is 0 Å². The fourth-order valence-corrected chi connectivity index (χ4v) is 1.26. The molecule has 0 aliphatic rings. The molecule has 0 aliphatic heterocycles. The van der Waals surface area contributed by atoms with Crippen LogP contribution < -0.4 is 4.78 Å². The van der Waals surface area contributed by atoms with Crippen LogP contribution >= 0.6 is 11.5 Å². The number of aryl methyl sites for hydroxylation is 1. The normalized spacial score (nSPS) is 12.0. The largest absolute Gasteiger partial charge is 0.521 e. The fourth-order valence-electron chi connectivity index (χ4n) is 0.616. The van der Waals surface area contributed by atoms with E-state index in [1.54, 1.807) is 0 Å². The van der Waals surface area contributed by atoms with Crippen molar-refractivity contribution in [3.05, 3.63) is 11.8 Å². The van der Waals surface area contributed by atoms with Gasteiger partial charge < -0.3 is 12.9 Å². The van der Waals surface area contributed by atoms with Gasteiger partial charge in [0.15, 0.2) is 0 Å². The van der Waals surface area contributed by atoms with Crippen molar-refractivity contribution >= 4 is 23.3 Å². The molecule has 1 rings (SSSR count). The smallest absolute Gasteiger partial charge is 0.444 e. The van der Waals surface area contributed by atoms with E-state index in [1.807, 2.05) is 0 Å². The lowest BCUT2D eigenvalue weighted by Crippen LogP contribution is -2.32. The molecule has 0 unspecified atom stereocenters. The van der Waals surface area contributed by atoms with Crippen LogP contribution in [0.1, 0.15) is 5.56 Å². The van der Waals surface area contributed by atoms with Crippen molar-refractivity contribution in [3.63, 3.8) is 0 Å². The molecule has 1 aromatic rings. The highest BCUT2D eigenvalue weighted by Gasteiger charge is 2.29. The molecule has 1 aromatic heterocycles. The van der Waals surface area contributed by atoms with Crippen molar-refractivity contribution in [3.8, 4) is 0 Å². The molecule has 0 saturated heterocycles. The average Bonchev–Trinajstić information content (AvgIpc) is 2.11. The van der Waals surface area contributed by atoms with Crippen LogP contribution in [0.25, 0.3) is 0 Å². The maximum atomic E-state index is 11.9. The van der Waals surface area contributed by atoms with Gasteiger partial charge >= 0.3 is 6.98 Å². The number of hydrogen-bond acceptors (Lipinski definition) is 2. The predicted molar refractivity (Wildman–Crippen MR) is 35.6 cm³/mol. The van der Waals surface area contributed by atoms with Gasteiger partial charge in [-0.25, -0.2) is 4.37 Å². The Balaban J connectivity index is 3.05. The molecule has 10 heavy (non-hydrogen) atoms. The summed E-state index contributed by atoms with van der Waals surface area (Å²) in [5.41, 5.74) is 0.220. The van der Waals surface area contributed by atoms with Crippen LogP contribution in [-0.2, 0) is 0 Å². The second-order valence-electron chi connectivity index (χ2n) is 1.95. The minimum atomic E-state index is -4.83. The second-order valence-corrected chi connectivity index (χ2v) is 2.78. The third-order valence-electron chi connectivity index (χ3n) is 1.08. The van der Waals surface area contributed by atoms with E-state index in [4.69, 9.17) is 0 Å². The summed E-state index contributed by atoms with van der Waals surface area (Å²) in [7, 11) is 0. The highest BCUT2D eigenvalue weighted by molar-refractivity contribution is 7.19. The zero-order chi connectivity index (χ0) is 7.78. The molecule has 0 N–H and O–H groups in total. The summed E-state index contributed by atoms with van der Waals surface area (Å²) in [6.07, 6.45) is 1.23. The average molecular weight is 166 g/mol. The summed E-state index contributed by atoms with van der Waals surface area (Å²) >= 11 is 0.509. The quantitative estimate of drug-likeness (QED) is 0.576. The van der Waals surface area contributed by atoms with E-state index in [0.29, 0.717) is 11.5 Å². The molecule has 0 bridgehead atoms. The monoisotopic (exact) mass is 166 g/mol. The molecule has 1 nitrogen and oxygen atoms in total. The molecule has 0 saturated carbocycles. The fraction of sp³-hybridized carbons (Fsp3) is 0.250. The Morgan fingerprint density at radius 2 is 2.10 bits per heavy atom. The van der Waals surface area contributed by atoms with Gasteiger partial charge in [-0.2, -0.15) is 0 Å². The first-order valence-electron chi connectivity index (χ1n) is 2.63. The summed E-state index contributed by atoms with van der Waals surface area (Å²) in [5, 5.41) is 0. The molecule has 0 amide bonds. The van der Waals surface area contributed by atoms with Crippen LogP contribution in [0, 0.1) is 6.92 Å². The number of hydrogen-bond donors (Lipinski definition) is 0. The lowest BCUT2D eigenvalue weighted by Gasteiger charge is -2.11. The highest BCUT2D eigenvalue weighted by atomic mass is 32.1. The van der Waals surface area contributed by atoms with Crippen molar-refractivity contribution < 1.29 is 12.9 Å². The zero-order valence-corrected chi connectivity index (χ0v) is 5.96. The first kappa shape index (κ1) is 7.59. The first-order chi connectivity index (χ1) is 4.52. The van der Waals surface area contributed by atoms with Crippen LogP contribution in [0.4, 0.5) is 12.9 Å². The summed E-state index contributed by atoms with van der Waals surface area (Å²) in [5.74, 6) is 0. The zero-order valence-electron chi connectivity index (χ0n) is 5.14. The minimum Gasteiger partial charge on any atom is -0.444 e. The van der Waals surface area contributed by atoms with E-state index >= 15 is 0 Å². The molecular formula is C4H4BF3NS-. The summed E-state index contributed by atoms with van der Waals surface area (Å²) in [6.45, 7) is -3.42. The standard InChI is InChI=1S/C4H4BF3NS/c1-3-2-9-10-4(3)5(6,7)8/h2H,1H3/q-1. The van der Waals surface area contributed by atoms with E-state index in [1.165, 1.54) is 13.1 Å². The van der Waals surface area contributed by atoms with Crippen molar-refractivity contribution in [2.45, 2.75) is 6.92 Å². The van der Waals surface area contributed by atoms with E-state index < -0.39 is 11.8 Å². The van der Waals surface area contributed by atoms with Gasteiger partial charge in [-0.3, -0.25) is 0 Å². The first-order valence-corrected chi connectivity index (χ1v) is 3.40. The Hall–Kier alpha value is -0.515. The Labute approximate surface area is 60.1 Å². The van der Waals surface area contributed by atoms with Crippen molar-refractivity contribution in [2.75, 3.05) is 0 Å². The van der Waals surface area contributed by atoms with Crippen LogP contribution in [0.3, 0.4) is 0 Å². The maximum Gasteiger partial charge on any atom is 0.521 e. The Morgan fingerprint density at radius 1 is 1.50 bits per heavy atom. The second kappa shape index (κ2) is 2.27. The van der Waals surface area contributed by atoms with Crippen LogP contribution in [0.15, 0.2) is 6.20 Å². The lowest BCUT2D eigenvalue weighted by atomic mass is 9.87. The Morgan fingerprint density at radius 3 is 2.30 bits per heavy atom. The molecule has 0 atom stereocenters. The molecule has 6 heteroatoms. The van der Waals surface area contributed by atoms with Crippen LogP contribution in [0.5, 0.6) is 0 Å². The SMILES string of the molecule is Cc1cnsc1[B-](F)(F)F. The highest BCUT2D eigenvalue weighted by Crippen LogP contribution is 2.13. The third kappa shape index (κ3) is 1.31. The van der Waals surface area contributed by atoms with Gasteiger partial charge in [-0.1, -0.05) is 11.5 Å². The van der Waals surface area contributed by atoms with E-state index in [-0.39, 0.29) is 5.56 Å². The van der Waals surface area contributed by atoms with Crippen LogP contribution in [0.2, 0.25) is 0 Å². The molecule has 56 valence electrons. The molecule has 0 fully saturated rings. The molecule has 0 aliphatic carbocycles. The van der Waals surface area contributed by atoms with E-state index in [2.05, 4.69) is 4.37 Å². The Kier molecular flexibility index (Phi) is 1.72. The number of nitrogens with zero attached hydrogens (tertiary/aromatic N) is 1.